The van der Waals surface area contributed by atoms with Crippen LogP contribution in [0.5, 0.6) is 0 Å². The Morgan fingerprint density at radius 1 is 1.39 bits per heavy atom. The smallest absolute Gasteiger partial charge is 0.320 e. The van der Waals surface area contributed by atoms with Gasteiger partial charge < -0.3 is 10.4 Å². The average Bonchev–Trinajstić information content (AvgIpc) is 2.27. The average molecular weight is 257 g/mol. The minimum Gasteiger partial charge on any atom is -0.480 e. The molecule has 0 aliphatic heterocycles. The Kier molecular flexibility index (Phi) is 5.22. The lowest BCUT2D eigenvalue weighted by molar-refractivity contribution is -0.139. The highest BCUT2D eigenvalue weighted by Gasteiger charge is 2.14. The molecule has 5 heteroatoms. The summed E-state index contributed by atoms with van der Waals surface area (Å²) >= 11 is 0. The molecule has 0 aliphatic rings. The van der Waals surface area contributed by atoms with Gasteiger partial charge in [-0.1, -0.05) is 6.07 Å². The van der Waals surface area contributed by atoms with Crippen LogP contribution in [-0.4, -0.2) is 23.2 Å². The van der Waals surface area contributed by atoms with Crippen LogP contribution in [0.25, 0.3) is 0 Å². The number of carboxylic acid groups (broad SMARTS) is 1. The van der Waals surface area contributed by atoms with E-state index in [4.69, 9.17) is 5.11 Å². The maximum absolute atomic E-state index is 13.3. The minimum atomic E-state index is -0.921. The van der Waals surface area contributed by atoms with Gasteiger partial charge >= 0.3 is 5.97 Å². The third-order valence-electron chi connectivity index (χ3n) is 2.77. The van der Waals surface area contributed by atoms with E-state index in [0.29, 0.717) is 18.4 Å². The molecule has 2 atom stereocenters. The molecule has 0 saturated heterocycles. The lowest BCUT2D eigenvalue weighted by Crippen LogP contribution is -2.40. The first-order valence-electron chi connectivity index (χ1n) is 5.83. The largest absolute Gasteiger partial charge is 0.480 e. The highest BCUT2D eigenvalue weighted by molar-refractivity contribution is 5.72. The molecule has 0 bridgehead atoms. The van der Waals surface area contributed by atoms with Crippen molar-refractivity contribution in [3.8, 4) is 0 Å². The Bertz CT molecular complexity index is 423. The fourth-order valence-electron chi connectivity index (χ4n) is 1.68. The number of carboxylic acids is 1. The number of nitrogens with one attached hydrogen (secondary N) is 1. The van der Waals surface area contributed by atoms with Gasteiger partial charge in [0.2, 0.25) is 0 Å². The summed E-state index contributed by atoms with van der Waals surface area (Å²) in [4.78, 5) is 10.6. The fraction of sp³-hybridized carbons (Fsp3) is 0.462. The number of aliphatic carboxylic acids is 1. The summed E-state index contributed by atoms with van der Waals surface area (Å²) in [5.41, 5.74) is 0.438. The first-order chi connectivity index (χ1) is 8.40. The number of hydrogen-bond acceptors (Lipinski definition) is 2. The van der Waals surface area contributed by atoms with Gasteiger partial charge in [0.05, 0.1) is 0 Å². The van der Waals surface area contributed by atoms with Crippen molar-refractivity contribution < 1.29 is 18.7 Å². The second kappa shape index (κ2) is 6.44. The Morgan fingerprint density at radius 2 is 2.06 bits per heavy atom. The molecule has 0 spiro atoms. The van der Waals surface area contributed by atoms with Crippen molar-refractivity contribution in [1.29, 1.82) is 0 Å². The van der Waals surface area contributed by atoms with Crippen LogP contribution >= 0.6 is 0 Å². The highest BCUT2D eigenvalue weighted by atomic mass is 19.1. The molecule has 3 nitrogen and oxygen atoms in total. The van der Waals surface area contributed by atoms with E-state index >= 15 is 0 Å². The normalized spacial score (nSPS) is 14.2. The number of benzene rings is 1. The van der Waals surface area contributed by atoms with Gasteiger partial charge in [-0.3, -0.25) is 4.79 Å². The monoisotopic (exact) mass is 257 g/mol. The summed E-state index contributed by atoms with van der Waals surface area (Å²) < 4.78 is 26.0. The summed E-state index contributed by atoms with van der Waals surface area (Å²) in [5, 5.41) is 11.6. The first kappa shape index (κ1) is 14.6. The van der Waals surface area contributed by atoms with Gasteiger partial charge in [-0.15, -0.1) is 0 Å². The molecule has 1 aromatic carbocycles. The van der Waals surface area contributed by atoms with Gasteiger partial charge in [-0.2, -0.15) is 0 Å². The molecule has 0 heterocycles. The molecule has 18 heavy (non-hydrogen) atoms. The molecule has 0 radical (unpaired) electrons. The van der Waals surface area contributed by atoms with E-state index in [2.05, 4.69) is 5.32 Å². The van der Waals surface area contributed by atoms with Crippen LogP contribution in [0, 0.1) is 11.6 Å². The summed E-state index contributed by atoms with van der Waals surface area (Å²) in [6.45, 7) is 3.39. The zero-order valence-corrected chi connectivity index (χ0v) is 10.4. The molecule has 1 rings (SSSR count). The highest BCUT2D eigenvalue weighted by Crippen LogP contribution is 2.12. The zero-order valence-electron chi connectivity index (χ0n) is 10.4. The standard InChI is InChI=1S/C13H17F2NO2/c1-8(16-9(2)13(17)18)3-4-10-5-6-11(14)7-12(10)15/h5-9,16H,3-4H2,1-2H3,(H,17,18)/t8?,9-/m0/s1. The Hall–Kier alpha value is -1.49. The van der Waals surface area contributed by atoms with Crippen LogP contribution < -0.4 is 5.32 Å². The van der Waals surface area contributed by atoms with Crippen LogP contribution in [0.1, 0.15) is 25.8 Å². The quantitative estimate of drug-likeness (QED) is 0.822. The molecule has 1 unspecified atom stereocenters. The predicted molar refractivity (Wildman–Crippen MR) is 64.4 cm³/mol. The number of rotatable bonds is 6. The van der Waals surface area contributed by atoms with Crippen LogP contribution in [0.2, 0.25) is 0 Å². The van der Waals surface area contributed by atoms with E-state index in [0.717, 1.165) is 6.07 Å². The Balaban J connectivity index is 2.47. The second-order valence-electron chi connectivity index (χ2n) is 4.40. The van der Waals surface area contributed by atoms with Crippen molar-refractivity contribution in [3.05, 3.63) is 35.4 Å². The minimum absolute atomic E-state index is 0.0550. The molecule has 2 N–H and O–H groups in total. The van der Waals surface area contributed by atoms with E-state index in [1.807, 2.05) is 6.92 Å². The van der Waals surface area contributed by atoms with E-state index < -0.39 is 23.6 Å². The van der Waals surface area contributed by atoms with Crippen molar-refractivity contribution in [2.24, 2.45) is 0 Å². The molecule has 0 aromatic heterocycles. The molecular weight excluding hydrogens is 240 g/mol. The van der Waals surface area contributed by atoms with Crippen molar-refractivity contribution >= 4 is 5.97 Å². The molecule has 0 aliphatic carbocycles. The van der Waals surface area contributed by atoms with Crippen LogP contribution in [-0.2, 0) is 11.2 Å². The van der Waals surface area contributed by atoms with Crippen LogP contribution in [0.4, 0.5) is 8.78 Å². The van der Waals surface area contributed by atoms with Crippen molar-refractivity contribution in [2.75, 3.05) is 0 Å². The lowest BCUT2D eigenvalue weighted by atomic mass is 10.0. The third kappa shape index (κ3) is 4.41. The van der Waals surface area contributed by atoms with E-state index in [1.165, 1.54) is 12.1 Å². The third-order valence-corrected chi connectivity index (χ3v) is 2.77. The molecular formula is C13H17F2NO2. The van der Waals surface area contributed by atoms with Crippen molar-refractivity contribution in [1.82, 2.24) is 5.32 Å². The van der Waals surface area contributed by atoms with Gasteiger partial charge in [0.15, 0.2) is 0 Å². The summed E-state index contributed by atoms with van der Waals surface area (Å²) in [6, 6.07) is 2.79. The maximum Gasteiger partial charge on any atom is 0.320 e. The van der Waals surface area contributed by atoms with Crippen LogP contribution in [0.15, 0.2) is 18.2 Å². The summed E-state index contributed by atoms with van der Waals surface area (Å²) in [7, 11) is 0. The van der Waals surface area contributed by atoms with Gasteiger partial charge in [0, 0.05) is 12.1 Å². The lowest BCUT2D eigenvalue weighted by Gasteiger charge is -2.17. The van der Waals surface area contributed by atoms with E-state index in [-0.39, 0.29) is 6.04 Å². The van der Waals surface area contributed by atoms with E-state index in [1.54, 1.807) is 6.92 Å². The van der Waals surface area contributed by atoms with Gasteiger partial charge in [-0.25, -0.2) is 8.78 Å². The molecule has 0 saturated carbocycles. The van der Waals surface area contributed by atoms with Crippen molar-refractivity contribution in [3.63, 3.8) is 0 Å². The maximum atomic E-state index is 13.3. The first-order valence-corrected chi connectivity index (χ1v) is 5.83. The summed E-state index contributed by atoms with van der Waals surface area (Å²) in [6.07, 6.45) is 1.02. The SMILES string of the molecule is CC(CCc1ccc(F)cc1F)N[C@@H](C)C(=O)O. The van der Waals surface area contributed by atoms with Gasteiger partial charge in [0.1, 0.15) is 17.7 Å². The number of hydrogen-bond donors (Lipinski definition) is 2. The zero-order chi connectivity index (χ0) is 13.7. The van der Waals surface area contributed by atoms with Gasteiger partial charge in [0.25, 0.3) is 0 Å². The molecule has 100 valence electrons. The predicted octanol–water partition coefficient (Wildman–Crippen LogP) is 2.35. The Labute approximate surface area is 105 Å². The van der Waals surface area contributed by atoms with Crippen molar-refractivity contribution in [2.45, 2.75) is 38.8 Å². The molecule has 0 amide bonds. The topological polar surface area (TPSA) is 49.3 Å². The second-order valence-corrected chi connectivity index (χ2v) is 4.40. The number of halogens is 2. The van der Waals surface area contributed by atoms with Gasteiger partial charge in [-0.05, 0) is 38.3 Å². The summed E-state index contributed by atoms with van der Waals surface area (Å²) in [5.74, 6) is -2.08. The fourth-order valence-corrected chi connectivity index (χ4v) is 1.68. The molecule has 0 fully saturated rings. The Morgan fingerprint density at radius 3 is 2.61 bits per heavy atom. The van der Waals surface area contributed by atoms with E-state index in [9.17, 15) is 13.6 Å². The molecule has 1 aromatic rings. The van der Waals surface area contributed by atoms with Crippen LogP contribution in [0.3, 0.4) is 0 Å². The number of aryl methyl sites for hydroxylation is 1. The number of carbonyl (C=O) groups is 1.